The predicted molar refractivity (Wildman–Crippen MR) is 56.4 cm³/mol. The van der Waals surface area contributed by atoms with E-state index in [-0.39, 0.29) is 0 Å². The van der Waals surface area contributed by atoms with Crippen molar-refractivity contribution in [2.45, 2.75) is 26.7 Å². The Hall–Kier alpha value is -2.16. The molecule has 16 heavy (non-hydrogen) atoms. The lowest BCUT2D eigenvalue weighted by molar-refractivity contribution is 0.137. The van der Waals surface area contributed by atoms with E-state index in [2.05, 4.69) is 14.8 Å². The number of aryl methyl sites for hydroxylation is 1. The molecular formula is C10H14O6. The van der Waals surface area contributed by atoms with Crippen LogP contribution in [-0.2, 0) is 6.42 Å². The third kappa shape index (κ3) is 14.4. The van der Waals surface area contributed by atoms with Gasteiger partial charge < -0.3 is 19.0 Å². The van der Waals surface area contributed by atoms with Crippen LogP contribution in [-0.4, -0.2) is 16.4 Å². The maximum Gasteiger partial charge on any atom is 0.518 e. The van der Waals surface area contributed by atoms with Gasteiger partial charge in [-0.2, -0.15) is 0 Å². The van der Waals surface area contributed by atoms with Gasteiger partial charge in [0.05, 0.1) is 0 Å². The Morgan fingerprint density at radius 3 is 2.06 bits per heavy atom. The highest BCUT2D eigenvalue weighted by atomic mass is 16.6. The zero-order valence-corrected chi connectivity index (χ0v) is 9.10. The van der Waals surface area contributed by atoms with E-state index < -0.39 is 12.0 Å². The van der Waals surface area contributed by atoms with Gasteiger partial charge in [0.1, 0.15) is 12.0 Å². The molecule has 0 fully saturated rings. The van der Waals surface area contributed by atoms with Crippen molar-refractivity contribution in [2.75, 3.05) is 0 Å². The monoisotopic (exact) mass is 230 g/mol. The highest BCUT2D eigenvalue weighted by Crippen LogP contribution is 1.93. The van der Waals surface area contributed by atoms with Crippen LogP contribution < -0.4 is 5.82 Å². The summed E-state index contributed by atoms with van der Waals surface area (Å²) in [5, 5.41) is 13.9. The quantitative estimate of drug-likeness (QED) is 0.716. The molecule has 0 aliphatic carbocycles. The third-order valence-electron chi connectivity index (χ3n) is 1.05. The second kappa shape index (κ2) is 10.9. The van der Waals surface area contributed by atoms with Gasteiger partial charge in [0.15, 0.2) is 0 Å². The summed E-state index contributed by atoms with van der Waals surface area (Å²) in [5.74, 6) is 2.40. The first-order valence-electron chi connectivity index (χ1n) is 4.40. The lowest BCUT2D eigenvalue weighted by Crippen LogP contribution is -1.85. The van der Waals surface area contributed by atoms with E-state index in [9.17, 15) is 4.79 Å². The van der Waals surface area contributed by atoms with E-state index in [0.717, 1.165) is 6.42 Å². The molecule has 0 aliphatic rings. The van der Waals surface area contributed by atoms with Gasteiger partial charge in [0.25, 0.3) is 0 Å². The normalized spacial score (nSPS) is 7.56. The summed E-state index contributed by atoms with van der Waals surface area (Å²) >= 11 is 0. The molecule has 1 aromatic rings. The number of hydrogen-bond acceptors (Lipinski definition) is 4. The summed E-state index contributed by atoms with van der Waals surface area (Å²) in [6, 6.07) is 0. The van der Waals surface area contributed by atoms with Crippen molar-refractivity contribution < 1.29 is 23.8 Å². The zero-order chi connectivity index (χ0) is 13.0. The number of rotatable bonds is 1. The summed E-state index contributed by atoms with van der Waals surface area (Å²) < 4.78 is 8.84. The maximum absolute atomic E-state index is 10.1. The summed E-state index contributed by atoms with van der Waals surface area (Å²) in [4.78, 5) is 18.7. The SMILES string of the molecule is C#CCC.CCc1coc(=O)o1.O=C(O)O. The molecule has 0 unspecified atom stereocenters. The smallest absolute Gasteiger partial charge is 0.450 e. The molecule has 0 radical (unpaired) electrons. The van der Waals surface area contributed by atoms with E-state index in [1.165, 1.54) is 6.26 Å². The van der Waals surface area contributed by atoms with Gasteiger partial charge in [-0.15, -0.1) is 12.3 Å². The fourth-order valence-electron chi connectivity index (χ4n) is 0.424. The van der Waals surface area contributed by atoms with Gasteiger partial charge in [0.2, 0.25) is 0 Å². The van der Waals surface area contributed by atoms with Crippen LogP contribution in [0.3, 0.4) is 0 Å². The summed E-state index contributed by atoms with van der Waals surface area (Å²) in [6.45, 7) is 3.83. The highest BCUT2D eigenvalue weighted by molar-refractivity contribution is 5.53. The average Bonchev–Trinajstić information content (AvgIpc) is 2.64. The minimum Gasteiger partial charge on any atom is -0.450 e. The van der Waals surface area contributed by atoms with Crippen molar-refractivity contribution in [1.82, 2.24) is 0 Å². The van der Waals surface area contributed by atoms with Gasteiger partial charge in [-0.05, 0) is 0 Å². The van der Waals surface area contributed by atoms with Crippen LogP contribution in [0.1, 0.15) is 26.0 Å². The Morgan fingerprint density at radius 2 is 1.94 bits per heavy atom. The molecule has 2 N–H and O–H groups in total. The molecule has 6 nitrogen and oxygen atoms in total. The van der Waals surface area contributed by atoms with Gasteiger partial charge in [-0.3, -0.25) is 0 Å². The van der Waals surface area contributed by atoms with Crippen LogP contribution in [0.2, 0.25) is 0 Å². The molecule has 1 aromatic heterocycles. The Labute approximate surface area is 92.5 Å². The molecule has 0 aromatic carbocycles. The molecule has 0 atom stereocenters. The molecule has 0 saturated carbocycles. The molecule has 0 bridgehead atoms. The van der Waals surface area contributed by atoms with Crippen molar-refractivity contribution in [1.29, 1.82) is 0 Å². The van der Waals surface area contributed by atoms with E-state index in [1.54, 1.807) is 0 Å². The molecule has 0 saturated heterocycles. The number of hydrogen-bond donors (Lipinski definition) is 2. The molecule has 0 spiro atoms. The predicted octanol–water partition coefficient (Wildman–Crippen LogP) is 2.05. The lowest BCUT2D eigenvalue weighted by Gasteiger charge is -1.74. The second-order valence-corrected chi connectivity index (χ2v) is 2.25. The Kier molecular flexibility index (Phi) is 11.1. The van der Waals surface area contributed by atoms with Gasteiger partial charge in [-0.25, -0.2) is 9.59 Å². The first kappa shape index (κ1) is 16.3. The van der Waals surface area contributed by atoms with Crippen molar-refractivity contribution in [3.8, 4) is 12.3 Å². The Bertz CT molecular complexity index is 363. The summed E-state index contributed by atoms with van der Waals surface area (Å²) in [7, 11) is 0. The molecule has 6 heteroatoms. The number of carboxylic acid groups (broad SMARTS) is 2. The van der Waals surface area contributed by atoms with E-state index in [0.29, 0.717) is 12.2 Å². The molecule has 1 heterocycles. The first-order valence-corrected chi connectivity index (χ1v) is 4.40. The number of carbonyl (C=O) groups is 1. The van der Waals surface area contributed by atoms with Crippen LogP contribution in [0.15, 0.2) is 19.9 Å². The van der Waals surface area contributed by atoms with Gasteiger partial charge >= 0.3 is 12.0 Å². The largest absolute Gasteiger partial charge is 0.518 e. The average molecular weight is 230 g/mol. The zero-order valence-electron chi connectivity index (χ0n) is 9.10. The maximum atomic E-state index is 10.1. The van der Waals surface area contributed by atoms with E-state index >= 15 is 0 Å². The number of terminal acetylenes is 1. The first-order chi connectivity index (χ1) is 7.47. The molecule has 90 valence electrons. The van der Waals surface area contributed by atoms with E-state index in [4.69, 9.17) is 21.4 Å². The fourth-order valence-corrected chi connectivity index (χ4v) is 0.424. The standard InChI is InChI=1S/C5H6O3.C4H6.CH2O3/c1-2-4-3-7-5(6)8-4;1-3-4-2;2-1(3)4/h3H,2H2,1H3;1H,4H2,2H3;(H2,2,3,4). The molecule has 0 aliphatic heterocycles. The van der Waals surface area contributed by atoms with Crippen LogP contribution in [0.4, 0.5) is 4.79 Å². The van der Waals surface area contributed by atoms with Crippen LogP contribution in [0.25, 0.3) is 0 Å². The third-order valence-corrected chi connectivity index (χ3v) is 1.05. The van der Waals surface area contributed by atoms with Crippen molar-refractivity contribution in [2.24, 2.45) is 0 Å². The fraction of sp³-hybridized carbons (Fsp3) is 0.400. The summed E-state index contributed by atoms with van der Waals surface area (Å²) in [6.07, 6.45) is 5.81. The van der Waals surface area contributed by atoms with Gasteiger partial charge in [-0.1, -0.05) is 13.8 Å². The summed E-state index contributed by atoms with van der Waals surface area (Å²) in [5.41, 5.74) is 0. The van der Waals surface area contributed by atoms with Gasteiger partial charge in [0, 0.05) is 12.8 Å². The van der Waals surface area contributed by atoms with E-state index in [1.807, 2.05) is 13.8 Å². The van der Waals surface area contributed by atoms with Crippen LogP contribution >= 0.6 is 0 Å². The Balaban J connectivity index is 0. The second-order valence-electron chi connectivity index (χ2n) is 2.25. The van der Waals surface area contributed by atoms with Crippen LogP contribution in [0.5, 0.6) is 0 Å². The lowest BCUT2D eigenvalue weighted by atomic mass is 10.4. The highest BCUT2D eigenvalue weighted by Gasteiger charge is 1.94. The van der Waals surface area contributed by atoms with Crippen molar-refractivity contribution in [3.05, 3.63) is 22.6 Å². The Morgan fingerprint density at radius 1 is 1.50 bits per heavy atom. The minimum absolute atomic E-state index is 0.593. The topological polar surface area (TPSA) is 101 Å². The molecule has 0 amide bonds. The van der Waals surface area contributed by atoms with Crippen molar-refractivity contribution >= 4 is 6.16 Å². The van der Waals surface area contributed by atoms with Crippen LogP contribution in [0, 0.1) is 12.3 Å². The molecular weight excluding hydrogens is 216 g/mol. The minimum atomic E-state index is -1.83. The molecule has 1 rings (SSSR count). The van der Waals surface area contributed by atoms with Crippen molar-refractivity contribution in [3.63, 3.8) is 0 Å².